The number of nitrogens with two attached hydrogens (primary N) is 1. The molecule has 1 rings (SSSR count). The van der Waals surface area contributed by atoms with Crippen LogP contribution in [-0.2, 0) is 5.41 Å². The lowest BCUT2D eigenvalue weighted by molar-refractivity contribution is -0.540. The fourth-order valence-electron chi connectivity index (χ4n) is 1.60. The molecule has 2 heteroatoms. The Morgan fingerprint density at radius 3 is 2.21 bits per heavy atom. The van der Waals surface area contributed by atoms with Crippen molar-refractivity contribution in [1.82, 2.24) is 0 Å². The molecular formula is C12H20NO+. The van der Waals surface area contributed by atoms with Crippen molar-refractivity contribution in [3.8, 4) is 5.75 Å². The van der Waals surface area contributed by atoms with Gasteiger partial charge in [0.25, 0.3) is 0 Å². The Kier molecular flexibility index (Phi) is 2.86. The Morgan fingerprint density at radius 1 is 1.21 bits per heavy atom. The number of phenols is 1. The maximum Gasteiger partial charge on any atom is 0.180 e. The summed E-state index contributed by atoms with van der Waals surface area (Å²) in [5.74, 6) is 0.422. The Bertz CT molecular complexity index is 337. The summed E-state index contributed by atoms with van der Waals surface area (Å²) in [7, 11) is 1.95. The van der Waals surface area contributed by atoms with Crippen LogP contribution in [0.25, 0.3) is 0 Å². The summed E-state index contributed by atoms with van der Waals surface area (Å²) in [4.78, 5) is 0. The first-order valence-corrected chi connectivity index (χ1v) is 4.99. The van der Waals surface area contributed by atoms with Crippen molar-refractivity contribution >= 4 is 5.69 Å². The zero-order valence-electron chi connectivity index (χ0n) is 9.68. The summed E-state index contributed by atoms with van der Waals surface area (Å²) in [5, 5.41) is 12.0. The van der Waals surface area contributed by atoms with Crippen LogP contribution < -0.4 is 5.32 Å². The molecule has 0 aliphatic heterocycles. The fraction of sp³-hybridized carbons (Fsp3) is 0.500. The first-order chi connectivity index (χ1) is 6.36. The highest BCUT2D eigenvalue weighted by Gasteiger charge is 2.21. The van der Waals surface area contributed by atoms with Gasteiger partial charge in [0.15, 0.2) is 11.4 Å². The number of hydrogen-bond donors (Lipinski definition) is 2. The zero-order chi connectivity index (χ0) is 10.9. The van der Waals surface area contributed by atoms with Gasteiger partial charge in [0.1, 0.15) is 0 Å². The van der Waals surface area contributed by atoms with Gasteiger partial charge in [-0.05, 0) is 17.9 Å². The van der Waals surface area contributed by atoms with Gasteiger partial charge < -0.3 is 10.4 Å². The minimum absolute atomic E-state index is 0.00609. The van der Waals surface area contributed by atoms with E-state index in [4.69, 9.17) is 0 Å². The molecule has 0 radical (unpaired) electrons. The van der Waals surface area contributed by atoms with Crippen molar-refractivity contribution in [2.45, 2.75) is 33.1 Å². The molecule has 0 fully saturated rings. The van der Waals surface area contributed by atoms with Crippen molar-refractivity contribution in [1.29, 1.82) is 0 Å². The van der Waals surface area contributed by atoms with E-state index < -0.39 is 0 Å². The highest BCUT2D eigenvalue weighted by atomic mass is 16.3. The van der Waals surface area contributed by atoms with Gasteiger partial charge >= 0.3 is 0 Å². The molecule has 78 valence electrons. The smallest absolute Gasteiger partial charge is 0.180 e. The monoisotopic (exact) mass is 194 g/mol. The van der Waals surface area contributed by atoms with E-state index in [2.05, 4.69) is 33.8 Å². The van der Waals surface area contributed by atoms with Crippen LogP contribution in [0.2, 0.25) is 0 Å². The van der Waals surface area contributed by atoms with E-state index >= 15 is 0 Å². The fourth-order valence-corrected chi connectivity index (χ4v) is 1.60. The van der Waals surface area contributed by atoms with Crippen LogP contribution in [0.15, 0.2) is 12.1 Å². The van der Waals surface area contributed by atoms with Crippen LogP contribution in [0.5, 0.6) is 5.75 Å². The summed E-state index contributed by atoms with van der Waals surface area (Å²) < 4.78 is 0. The van der Waals surface area contributed by atoms with Gasteiger partial charge in [0.05, 0.1) is 7.05 Å². The molecule has 0 aliphatic carbocycles. The molecule has 0 spiro atoms. The van der Waals surface area contributed by atoms with Crippen molar-refractivity contribution in [2.75, 3.05) is 7.05 Å². The van der Waals surface area contributed by atoms with Gasteiger partial charge in [0, 0.05) is 11.6 Å². The number of rotatable bonds is 1. The minimum Gasteiger partial charge on any atom is -0.503 e. The number of phenolic OH excluding ortho intramolecular Hbond substituents is 1. The summed E-state index contributed by atoms with van der Waals surface area (Å²) >= 11 is 0. The van der Waals surface area contributed by atoms with Crippen molar-refractivity contribution in [3.63, 3.8) is 0 Å². The van der Waals surface area contributed by atoms with E-state index in [1.165, 1.54) is 5.56 Å². The van der Waals surface area contributed by atoms with E-state index in [0.29, 0.717) is 5.75 Å². The van der Waals surface area contributed by atoms with Crippen LogP contribution in [0.3, 0.4) is 0 Å². The average molecular weight is 194 g/mol. The number of aryl methyl sites for hydroxylation is 1. The Labute approximate surface area is 86.0 Å². The predicted molar refractivity (Wildman–Crippen MR) is 59.1 cm³/mol. The van der Waals surface area contributed by atoms with Crippen LogP contribution in [0.4, 0.5) is 5.69 Å². The first-order valence-electron chi connectivity index (χ1n) is 4.99. The zero-order valence-corrected chi connectivity index (χ0v) is 9.68. The normalized spacial score (nSPS) is 11.8. The van der Waals surface area contributed by atoms with Crippen LogP contribution >= 0.6 is 0 Å². The lowest BCUT2D eigenvalue weighted by Crippen LogP contribution is -2.72. The number of quaternary nitrogens is 1. The molecule has 1 aromatic rings. The molecule has 3 N–H and O–H groups in total. The Hall–Kier alpha value is -1.02. The largest absolute Gasteiger partial charge is 0.503 e. The van der Waals surface area contributed by atoms with Crippen molar-refractivity contribution in [2.24, 2.45) is 0 Å². The third-order valence-corrected chi connectivity index (χ3v) is 2.40. The minimum atomic E-state index is -0.00609. The third-order valence-electron chi connectivity index (χ3n) is 2.40. The molecule has 0 saturated heterocycles. The van der Waals surface area contributed by atoms with Gasteiger partial charge in [0.2, 0.25) is 0 Å². The van der Waals surface area contributed by atoms with Crippen LogP contribution in [0.1, 0.15) is 31.9 Å². The van der Waals surface area contributed by atoms with E-state index in [9.17, 15) is 5.11 Å². The molecule has 0 aliphatic rings. The molecule has 0 unspecified atom stereocenters. The van der Waals surface area contributed by atoms with Crippen LogP contribution in [0, 0.1) is 6.92 Å². The molecule has 0 amide bonds. The quantitative estimate of drug-likeness (QED) is 0.519. The second-order valence-corrected chi connectivity index (χ2v) is 4.79. The summed E-state index contributed by atoms with van der Waals surface area (Å²) in [5.41, 5.74) is 3.13. The van der Waals surface area contributed by atoms with Gasteiger partial charge in [-0.2, -0.15) is 0 Å². The van der Waals surface area contributed by atoms with E-state index in [0.717, 1.165) is 11.3 Å². The standard InChI is InChI=1S/C12H19NO/c1-8-6-9(12(2,3)4)11(14)10(7-8)13-5/h6-7,13-14H,1-5H3/p+1. The van der Waals surface area contributed by atoms with Gasteiger partial charge in [-0.1, -0.05) is 26.8 Å². The second kappa shape index (κ2) is 3.62. The molecule has 0 atom stereocenters. The van der Waals surface area contributed by atoms with E-state index in [1.807, 2.05) is 18.4 Å². The SMILES string of the molecule is C[NH2+]c1cc(C)cc(C(C)(C)C)c1O. The first kappa shape index (κ1) is 11.1. The maximum absolute atomic E-state index is 10.0. The molecule has 2 nitrogen and oxygen atoms in total. The summed E-state index contributed by atoms with van der Waals surface area (Å²) in [6.07, 6.45) is 0. The molecule has 0 heterocycles. The highest BCUT2D eigenvalue weighted by molar-refractivity contribution is 5.54. The van der Waals surface area contributed by atoms with Crippen molar-refractivity contribution < 1.29 is 10.4 Å². The molecule has 0 bridgehead atoms. The molecule has 14 heavy (non-hydrogen) atoms. The topological polar surface area (TPSA) is 36.8 Å². The van der Waals surface area contributed by atoms with Crippen molar-refractivity contribution in [3.05, 3.63) is 23.3 Å². The molecular weight excluding hydrogens is 174 g/mol. The Morgan fingerprint density at radius 2 is 1.79 bits per heavy atom. The maximum atomic E-state index is 10.0. The second-order valence-electron chi connectivity index (χ2n) is 4.79. The lowest BCUT2D eigenvalue weighted by atomic mass is 9.85. The number of benzene rings is 1. The van der Waals surface area contributed by atoms with Gasteiger partial charge in [-0.15, -0.1) is 0 Å². The number of aromatic hydroxyl groups is 1. The van der Waals surface area contributed by atoms with E-state index in [-0.39, 0.29) is 5.41 Å². The van der Waals surface area contributed by atoms with E-state index in [1.54, 1.807) is 0 Å². The average Bonchev–Trinajstić information content (AvgIpc) is 2.06. The molecule has 0 aromatic heterocycles. The van der Waals surface area contributed by atoms with Crippen LogP contribution in [-0.4, -0.2) is 12.2 Å². The summed E-state index contributed by atoms with van der Waals surface area (Å²) in [6, 6.07) is 4.06. The van der Waals surface area contributed by atoms with Gasteiger partial charge in [-0.3, -0.25) is 0 Å². The Balaban J connectivity index is 3.37. The molecule has 0 saturated carbocycles. The van der Waals surface area contributed by atoms with Gasteiger partial charge in [-0.25, -0.2) is 0 Å². The number of hydrogen-bond acceptors (Lipinski definition) is 1. The lowest BCUT2D eigenvalue weighted by Gasteiger charge is -2.21. The predicted octanol–water partition coefficient (Wildman–Crippen LogP) is 1.82. The summed E-state index contributed by atoms with van der Waals surface area (Å²) in [6.45, 7) is 8.39. The highest BCUT2D eigenvalue weighted by Crippen LogP contribution is 2.34. The molecule has 1 aromatic carbocycles. The third kappa shape index (κ3) is 2.07.